The second-order valence-corrected chi connectivity index (χ2v) is 23.2. The molecule has 4 saturated heterocycles. The number of methoxy groups -OCH3 is 3. The SMILES string of the molecule is CO[C@H]1C[C@H](O[C@H]2[C@H](C)O[C@@H](O[C@@H]3[C@@H](C)O[C@@H](O[C@H]4[C@@H](O)C[C@H](O[C@H]5CC[C@@]6(C)C(=CC[C@]7(O)[C@@H]6C[C@@H](OC(=O)c6ccc(O)cc6)[C@@]6(C)[C@]7(O)CC[C@@]6(O)C(C)=O)C5)O[C@@H]4C)C[C@H]3OC)C[C@H]2OC)O[C@H](C)[C@H]1O. The van der Waals surface area contributed by atoms with Crippen LogP contribution in [0, 0.1) is 16.7 Å². The van der Waals surface area contributed by atoms with Gasteiger partial charge in [-0.15, -0.1) is 0 Å². The van der Waals surface area contributed by atoms with Crippen molar-refractivity contribution in [2.45, 2.75) is 247 Å². The molecule has 3 saturated carbocycles. The highest BCUT2D eigenvalue weighted by Gasteiger charge is 2.81. The molecule has 8 aliphatic rings. The Balaban J connectivity index is 0.801. The van der Waals surface area contributed by atoms with E-state index in [4.69, 9.17) is 56.8 Å². The van der Waals surface area contributed by atoms with Crippen molar-refractivity contribution in [1.82, 2.24) is 0 Å². The number of hydrogen-bond acceptors (Lipinski definition) is 20. The Hall–Kier alpha value is -2.74. The highest BCUT2D eigenvalue weighted by Crippen LogP contribution is 2.71. The fraction of sp³-hybridized carbons (Fsp3) is 0.818. The Morgan fingerprint density at radius 3 is 1.72 bits per heavy atom. The average molecular weight is 1060 g/mol. The Labute approximate surface area is 439 Å². The van der Waals surface area contributed by atoms with Crippen molar-refractivity contribution in [3.8, 4) is 5.75 Å². The van der Waals surface area contributed by atoms with E-state index in [0.29, 0.717) is 38.5 Å². The predicted molar refractivity (Wildman–Crippen MR) is 263 cm³/mol. The van der Waals surface area contributed by atoms with Crippen LogP contribution in [0.5, 0.6) is 5.75 Å². The van der Waals surface area contributed by atoms with Crippen molar-refractivity contribution in [2.75, 3.05) is 21.3 Å². The van der Waals surface area contributed by atoms with Gasteiger partial charge in [0.15, 0.2) is 30.9 Å². The number of ether oxygens (including phenoxy) is 12. The number of carbonyl (C=O) groups excluding carboxylic acids is 2. The van der Waals surface area contributed by atoms with Crippen molar-refractivity contribution in [2.24, 2.45) is 16.7 Å². The van der Waals surface area contributed by atoms with Gasteiger partial charge in [0.1, 0.15) is 53.1 Å². The Kier molecular flexibility index (Phi) is 16.5. The third kappa shape index (κ3) is 9.96. The number of aromatic hydroxyl groups is 1. The lowest BCUT2D eigenvalue weighted by molar-refractivity contribution is -0.346. The van der Waals surface area contributed by atoms with Crippen LogP contribution in [-0.4, -0.2) is 191 Å². The number of benzene rings is 1. The molecule has 75 heavy (non-hydrogen) atoms. The second kappa shape index (κ2) is 21.7. The molecule has 7 fully saturated rings. The maximum Gasteiger partial charge on any atom is 0.338 e. The molecule has 0 bridgehead atoms. The van der Waals surface area contributed by atoms with Gasteiger partial charge in [0.25, 0.3) is 0 Å². The van der Waals surface area contributed by atoms with E-state index in [1.165, 1.54) is 31.2 Å². The van der Waals surface area contributed by atoms with E-state index in [9.17, 15) is 40.2 Å². The highest BCUT2D eigenvalue weighted by molar-refractivity contribution is 5.90. The summed E-state index contributed by atoms with van der Waals surface area (Å²) in [5, 5.41) is 69.9. The molecule has 20 heteroatoms. The summed E-state index contributed by atoms with van der Waals surface area (Å²) in [7, 11) is 4.77. The number of ketones is 1. The number of fused-ring (bicyclic) bond motifs is 5. The van der Waals surface area contributed by atoms with Crippen LogP contribution in [0.3, 0.4) is 0 Å². The van der Waals surface area contributed by atoms with Crippen molar-refractivity contribution in [3.63, 3.8) is 0 Å². The van der Waals surface area contributed by atoms with E-state index in [-0.39, 0.29) is 49.5 Å². The molecular formula is C55H82O20. The monoisotopic (exact) mass is 1060 g/mol. The summed E-state index contributed by atoms with van der Waals surface area (Å²) in [4.78, 5) is 27.0. The van der Waals surface area contributed by atoms with Crippen LogP contribution >= 0.6 is 0 Å². The van der Waals surface area contributed by atoms with Crippen LogP contribution in [0.15, 0.2) is 35.9 Å². The number of esters is 1. The predicted octanol–water partition coefficient (Wildman–Crippen LogP) is 3.89. The first-order valence-corrected chi connectivity index (χ1v) is 27.0. The summed E-state index contributed by atoms with van der Waals surface area (Å²) in [5.74, 6) is -2.01. The van der Waals surface area contributed by atoms with Gasteiger partial charge in [-0.2, -0.15) is 0 Å². The molecule has 0 radical (unpaired) electrons. The molecule has 0 amide bonds. The number of aliphatic hydroxyl groups excluding tert-OH is 2. The van der Waals surface area contributed by atoms with Gasteiger partial charge in [-0.25, -0.2) is 4.79 Å². The minimum absolute atomic E-state index is 0.0376. The molecule has 1 aromatic rings. The van der Waals surface area contributed by atoms with Crippen molar-refractivity contribution in [1.29, 1.82) is 0 Å². The second-order valence-electron chi connectivity index (χ2n) is 23.2. The summed E-state index contributed by atoms with van der Waals surface area (Å²) < 4.78 is 74.6. The molecule has 20 nitrogen and oxygen atoms in total. The summed E-state index contributed by atoms with van der Waals surface area (Å²) >= 11 is 0. The van der Waals surface area contributed by atoms with Gasteiger partial charge in [-0.3, -0.25) is 4.79 Å². The Bertz CT molecular complexity index is 2200. The number of Topliss-reactive ketones (excluding diaryl/α,β-unsaturated/α-hetero) is 1. The molecule has 4 aliphatic carbocycles. The first-order chi connectivity index (χ1) is 35.4. The molecule has 6 N–H and O–H groups in total. The quantitative estimate of drug-likeness (QED) is 0.114. The normalized spacial score (nSPS) is 48.9. The van der Waals surface area contributed by atoms with Gasteiger partial charge in [0.05, 0.1) is 65.9 Å². The Morgan fingerprint density at radius 1 is 0.653 bits per heavy atom. The van der Waals surface area contributed by atoms with Crippen LogP contribution < -0.4 is 0 Å². The van der Waals surface area contributed by atoms with E-state index < -0.39 is 150 Å². The number of aliphatic hydroxyl groups is 5. The zero-order chi connectivity index (χ0) is 54.2. The maximum atomic E-state index is 13.7. The molecule has 1 aromatic carbocycles. The molecule has 4 aliphatic heterocycles. The third-order valence-corrected chi connectivity index (χ3v) is 19.2. The third-order valence-electron chi connectivity index (χ3n) is 19.2. The molecule has 4 heterocycles. The van der Waals surface area contributed by atoms with Gasteiger partial charge in [0.2, 0.25) is 0 Å². The fourth-order valence-electron chi connectivity index (χ4n) is 14.7. The smallest absolute Gasteiger partial charge is 0.338 e. The number of phenols is 1. The highest BCUT2D eigenvalue weighted by atomic mass is 16.8. The van der Waals surface area contributed by atoms with Gasteiger partial charge in [-0.05, 0) is 116 Å². The minimum atomic E-state index is -2.09. The van der Waals surface area contributed by atoms with Gasteiger partial charge in [-0.1, -0.05) is 18.6 Å². The molecular weight excluding hydrogens is 981 g/mol. The van der Waals surface area contributed by atoms with Crippen LogP contribution in [0.25, 0.3) is 0 Å². The zero-order valence-corrected chi connectivity index (χ0v) is 45.0. The van der Waals surface area contributed by atoms with Gasteiger partial charge < -0.3 is 87.5 Å². The van der Waals surface area contributed by atoms with E-state index >= 15 is 0 Å². The van der Waals surface area contributed by atoms with Crippen LogP contribution in [-0.2, 0) is 61.6 Å². The fourth-order valence-corrected chi connectivity index (χ4v) is 14.7. The summed E-state index contributed by atoms with van der Waals surface area (Å²) in [5.41, 5.74) is -7.19. The largest absolute Gasteiger partial charge is 0.508 e. The van der Waals surface area contributed by atoms with Crippen molar-refractivity contribution >= 4 is 11.8 Å². The Morgan fingerprint density at radius 2 is 1.17 bits per heavy atom. The van der Waals surface area contributed by atoms with E-state index in [1.807, 2.05) is 26.8 Å². The molecule has 9 rings (SSSR count). The summed E-state index contributed by atoms with van der Waals surface area (Å²) in [6.07, 6.45) is -6.49. The molecule has 0 aromatic heterocycles. The van der Waals surface area contributed by atoms with Gasteiger partial charge in [0, 0.05) is 52.9 Å². The van der Waals surface area contributed by atoms with Crippen LogP contribution in [0.4, 0.5) is 0 Å². The number of rotatable bonds is 14. The van der Waals surface area contributed by atoms with Crippen LogP contribution in [0.1, 0.15) is 129 Å². The van der Waals surface area contributed by atoms with E-state index in [2.05, 4.69) is 6.92 Å². The van der Waals surface area contributed by atoms with Gasteiger partial charge >= 0.3 is 5.97 Å². The topological polar surface area (TPSA) is 266 Å². The number of phenolic OH excluding ortho intramolecular Hbond substituents is 1. The maximum absolute atomic E-state index is 13.7. The zero-order valence-electron chi connectivity index (χ0n) is 45.0. The standard InChI is InChI=1S/C55H82O20/c1-27-46(59)37(64-8)23-43(67-27)74-48-30(4)70-45(25-39(48)66-10)75-49-29(3)69-44(24-38(49)65-9)73-47-28(2)68-42(22-36(47)58)71-35-16-17-51(6)33(21-35)15-18-54(62)40(51)26-41(72-50(60)32-11-13-34(57)14-12-32)52(7)53(61,31(5)56)19-20-55(52,54)63/h11-15,27-30,35-49,57-59,61-63H,16-26H2,1-10H3/t27-,28-,29-,30+,35+,36+,37+,38-,39-,40-,41-,42+,43+,44+,45+,46-,47-,48+,49-,51+,52-,53-,54+,55-/m1/s1. The summed E-state index contributed by atoms with van der Waals surface area (Å²) in [6.45, 7) is 12.2. The molecule has 422 valence electrons. The number of carbonyl (C=O) groups is 2. The molecule has 24 atom stereocenters. The lowest BCUT2D eigenvalue weighted by Gasteiger charge is -2.67. The van der Waals surface area contributed by atoms with Crippen molar-refractivity contribution < 1.29 is 97.1 Å². The molecule has 0 spiro atoms. The van der Waals surface area contributed by atoms with Crippen LogP contribution in [0.2, 0.25) is 0 Å². The lowest BCUT2D eigenvalue weighted by Crippen LogP contribution is -2.78. The average Bonchev–Trinajstić information content (AvgIpc) is 3.60. The lowest BCUT2D eigenvalue weighted by atomic mass is 9.42. The number of hydrogen-bond donors (Lipinski definition) is 6. The van der Waals surface area contributed by atoms with Crippen molar-refractivity contribution in [3.05, 3.63) is 41.5 Å². The van der Waals surface area contributed by atoms with E-state index in [0.717, 1.165) is 5.57 Å². The molecule has 0 unspecified atom stereocenters. The summed E-state index contributed by atoms with van der Waals surface area (Å²) in [6, 6.07) is 5.55. The van der Waals surface area contributed by atoms with E-state index in [1.54, 1.807) is 35.2 Å². The first kappa shape index (κ1) is 57.0. The minimum Gasteiger partial charge on any atom is -0.508 e. The first-order valence-electron chi connectivity index (χ1n) is 27.0.